The summed E-state index contributed by atoms with van der Waals surface area (Å²) in [6.07, 6.45) is 5.24. The van der Waals surface area contributed by atoms with Crippen molar-refractivity contribution in [3.05, 3.63) is 42.5 Å². The van der Waals surface area contributed by atoms with Crippen LogP contribution >= 0.6 is 0 Å². The molecule has 1 aromatic rings. The third-order valence-corrected chi connectivity index (χ3v) is 5.63. The molecule has 24 heavy (non-hydrogen) atoms. The summed E-state index contributed by atoms with van der Waals surface area (Å²) in [6, 6.07) is 9.35. The highest BCUT2D eigenvalue weighted by Gasteiger charge is 2.59. The van der Waals surface area contributed by atoms with E-state index in [1.165, 1.54) is 4.90 Å². The molecular weight excluding hydrogens is 304 g/mol. The quantitative estimate of drug-likeness (QED) is 0.627. The van der Waals surface area contributed by atoms with Gasteiger partial charge in [0.05, 0.1) is 11.8 Å². The first kappa shape index (κ1) is 15.1. The van der Waals surface area contributed by atoms with E-state index in [2.05, 4.69) is 12.2 Å². The number of allylic oxidation sites excluding steroid dienone is 2. The molecule has 4 rings (SSSR count). The maximum atomic E-state index is 12.6. The minimum absolute atomic E-state index is 0.0861. The Morgan fingerprint density at radius 3 is 2.25 bits per heavy atom. The van der Waals surface area contributed by atoms with Crippen LogP contribution in [0.5, 0.6) is 0 Å². The summed E-state index contributed by atoms with van der Waals surface area (Å²) in [7, 11) is 1.71. The molecule has 0 radical (unpaired) electrons. The molecule has 1 heterocycles. The number of hydrogen-bond acceptors (Lipinski definition) is 3. The van der Waals surface area contributed by atoms with Crippen LogP contribution in [-0.4, -0.2) is 36.2 Å². The fourth-order valence-corrected chi connectivity index (χ4v) is 4.36. The lowest BCUT2D eigenvalue weighted by atomic mass is 9.85. The van der Waals surface area contributed by atoms with Crippen molar-refractivity contribution in [2.75, 3.05) is 18.5 Å². The smallest absolute Gasteiger partial charge is 0.233 e. The van der Waals surface area contributed by atoms with Crippen molar-refractivity contribution >= 4 is 23.4 Å². The SMILES string of the molecule is CN(C(=O)CCN1C(=O)[C@@H]2[C@@H](C1=O)[C@H]1C=C[C@@H]2C1)c1ccccc1. The number of imide groups is 1. The van der Waals surface area contributed by atoms with Crippen molar-refractivity contribution in [1.29, 1.82) is 0 Å². The molecule has 0 spiro atoms. The van der Waals surface area contributed by atoms with Gasteiger partial charge in [0.2, 0.25) is 17.7 Å². The lowest BCUT2D eigenvalue weighted by Gasteiger charge is -2.20. The molecule has 2 fully saturated rings. The number of anilines is 1. The summed E-state index contributed by atoms with van der Waals surface area (Å²) in [6.45, 7) is 0.181. The molecule has 2 bridgehead atoms. The molecule has 3 aliphatic rings. The van der Waals surface area contributed by atoms with Crippen LogP contribution in [0.15, 0.2) is 42.5 Å². The number of rotatable bonds is 4. The fraction of sp³-hybridized carbons (Fsp3) is 0.421. The molecule has 0 N–H and O–H groups in total. The molecule has 5 heteroatoms. The summed E-state index contributed by atoms with van der Waals surface area (Å²) in [5, 5.41) is 0. The zero-order valence-electron chi connectivity index (χ0n) is 13.6. The second-order valence-corrected chi connectivity index (χ2v) is 6.87. The van der Waals surface area contributed by atoms with E-state index in [0.29, 0.717) is 0 Å². The molecule has 2 aliphatic carbocycles. The number of benzene rings is 1. The van der Waals surface area contributed by atoms with Gasteiger partial charge in [-0.15, -0.1) is 0 Å². The van der Waals surface area contributed by atoms with E-state index in [9.17, 15) is 14.4 Å². The summed E-state index contributed by atoms with van der Waals surface area (Å²) in [5.41, 5.74) is 0.806. The predicted octanol–water partition coefficient (Wildman–Crippen LogP) is 1.85. The Morgan fingerprint density at radius 2 is 1.67 bits per heavy atom. The van der Waals surface area contributed by atoms with Gasteiger partial charge >= 0.3 is 0 Å². The largest absolute Gasteiger partial charge is 0.315 e. The molecule has 4 atom stereocenters. The summed E-state index contributed by atoms with van der Waals surface area (Å²) in [5.74, 6) is -0.216. The molecule has 1 saturated heterocycles. The molecular formula is C19H20N2O3. The Balaban J connectivity index is 1.41. The molecule has 5 nitrogen and oxygen atoms in total. The molecule has 3 amide bonds. The number of carbonyl (C=O) groups is 3. The first-order valence-electron chi connectivity index (χ1n) is 8.43. The zero-order valence-corrected chi connectivity index (χ0v) is 13.6. The number of hydrogen-bond donors (Lipinski definition) is 0. The van der Waals surface area contributed by atoms with E-state index >= 15 is 0 Å². The van der Waals surface area contributed by atoms with Crippen molar-refractivity contribution in [3.63, 3.8) is 0 Å². The number of likely N-dealkylation sites (tertiary alicyclic amines) is 1. The van der Waals surface area contributed by atoms with Gasteiger partial charge in [-0.1, -0.05) is 30.4 Å². The van der Waals surface area contributed by atoms with Gasteiger partial charge in [-0.2, -0.15) is 0 Å². The molecule has 124 valence electrons. The molecule has 1 aliphatic heterocycles. The normalized spacial score (nSPS) is 30.1. The van der Waals surface area contributed by atoms with Gasteiger partial charge < -0.3 is 4.90 Å². The van der Waals surface area contributed by atoms with Crippen LogP contribution in [0.1, 0.15) is 12.8 Å². The van der Waals surface area contributed by atoms with E-state index in [0.717, 1.165) is 12.1 Å². The Morgan fingerprint density at radius 1 is 1.08 bits per heavy atom. The second-order valence-electron chi connectivity index (χ2n) is 6.87. The van der Waals surface area contributed by atoms with Crippen LogP contribution in [0.2, 0.25) is 0 Å². The van der Waals surface area contributed by atoms with Gasteiger partial charge in [0.15, 0.2) is 0 Å². The number of amides is 3. The van der Waals surface area contributed by atoms with Crippen LogP contribution in [0.25, 0.3) is 0 Å². The van der Waals surface area contributed by atoms with Crippen molar-refractivity contribution in [1.82, 2.24) is 4.90 Å². The van der Waals surface area contributed by atoms with E-state index in [1.54, 1.807) is 11.9 Å². The summed E-state index contributed by atoms with van der Waals surface area (Å²) < 4.78 is 0. The summed E-state index contributed by atoms with van der Waals surface area (Å²) >= 11 is 0. The average molecular weight is 324 g/mol. The minimum atomic E-state index is -0.186. The van der Waals surface area contributed by atoms with Crippen molar-refractivity contribution in [2.45, 2.75) is 12.8 Å². The maximum Gasteiger partial charge on any atom is 0.233 e. The van der Waals surface area contributed by atoms with Crippen molar-refractivity contribution in [2.24, 2.45) is 23.7 Å². The van der Waals surface area contributed by atoms with Gasteiger partial charge in [0.1, 0.15) is 0 Å². The van der Waals surface area contributed by atoms with E-state index in [-0.39, 0.29) is 54.4 Å². The standard InChI is InChI=1S/C19H20N2O3/c1-20(14-5-3-2-4-6-14)15(22)9-10-21-18(23)16-12-7-8-13(11-12)17(16)19(21)24/h2-8,12-13,16-17H,9-11H2,1H3/t12-,13+,16-,17-/m0/s1. The monoisotopic (exact) mass is 324 g/mol. The van der Waals surface area contributed by atoms with Crippen molar-refractivity contribution in [3.8, 4) is 0 Å². The Hall–Kier alpha value is -2.43. The van der Waals surface area contributed by atoms with Crippen LogP contribution in [0, 0.1) is 23.7 Å². The van der Waals surface area contributed by atoms with Crippen LogP contribution in [0.4, 0.5) is 5.69 Å². The van der Waals surface area contributed by atoms with E-state index < -0.39 is 0 Å². The number of nitrogens with zero attached hydrogens (tertiary/aromatic N) is 2. The maximum absolute atomic E-state index is 12.6. The molecule has 0 unspecified atom stereocenters. The lowest BCUT2D eigenvalue weighted by Crippen LogP contribution is -2.37. The first-order valence-corrected chi connectivity index (χ1v) is 8.43. The van der Waals surface area contributed by atoms with Gasteiger partial charge in [-0.05, 0) is 30.4 Å². The third-order valence-electron chi connectivity index (χ3n) is 5.63. The van der Waals surface area contributed by atoms with Crippen LogP contribution in [-0.2, 0) is 14.4 Å². The Bertz CT molecular complexity index is 697. The third kappa shape index (κ3) is 2.19. The molecule has 0 aromatic heterocycles. The number of fused-ring (bicyclic) bond motifs is 5. The highest BCUT2D eigenvalue weighted by molar-refractivity contribution is 6.06. The zero-order chi connectivity index (χ0) is 16.8. The molecule has 1 saturated carbocycles. The molecule has 1 aromatic carbocycles. The van der Waals surface area contributed by atoms with Crippen LogP contribution in [0.3, 0.4) is 0 Å². The highest BCUT2D eigenvalue weighted by atomic mass is 16.2. The predicted molar refractivity (Wildman–Crippen MR) is 88.9 cm³/mol. The average Bonchev–Trinajstić information content (AvgIpc) is 3.28. The Labute approximate surface area is 140 Å². The first-order chi connectivity index (χ1) is 11.6. The topological polar surface area (TPSA) is 57.7 Å². The lowest BCUT2D eigenvalue weighted by molar-refractivity contribution is -0.140. The van der Waals surface area contributed by atoms with E-state index in [1.807, 2.05) is 30.3 Å². The van der Waals surface area contributed by atoms with Gasteiger partial charge in [0.25, 0.3) is 0 Å². The van der Waals surface area contributed by atoms with Crippen molar-refractivity contribution < 1.29 is 14.4 Å². The summed E-state index contributed by atoms with van der Waals surface area (Å²) in [4.78, 5) is 40.4. The number of para-hydroxylation sites is 1. The van der Waals surface area contributed by atoms with Gasteiger partial charge in [-0.25, -0.2) is 0 Å². The fourth-order valence-electron chi connectivity index (χ4n) is 4.36. The van der Waals surface area contributed by atoms with Gasteiger partial charge in [0, 0.05) is 25.7 Å². The second kappa shape index (κ2) is 5.58. The number of carbonyl (C=O) groups excluding carboxylic acids is 3. The van der Waals surface area contributed by atoms with Gasteiger partial charge in [-0.3, -0.25) is 19.3 Å². The van der Waals surface area contributed by atoms with E-state index in [4.69, 9.17) is 0 Å². The minimum Gasteiger partial charge on any atom is -0.315 e. The highest BCUT2D eigenvalue weighted by Crippen LogP contribution is 2.52. The van der Waals surface area contributed by atoms with Crippen LogP contribution < -0.4 is 4.90 Å². The Kier molecular flexibility index (Phi) is 3.52.